The number of aryl methyl sites for hydroxylation is 1. The zero-order valence-corrected chi connectivity index (χ0v) is 15.9. The van der Waals surface area contributed by atoms with Crippen LogP contribution in [0.2, 0.25) is 0 Å². The molecule has 0 bridgehead atoms. The first kappa shape index (κ1) is 18.7. The summed E-state index contributed by atoms with van der Waals surface area (Å²) in [5.74, 6) is 0.709. The minimum Gasteiger partial charge on any atom is -0.460 e. The Labute approximate surface area is 157 Å². The molecular weight excluding hydrogens is 344 g/mol. The Bertz CT molecular complexity index is 1040. The normalized spacial score (nSPS) is 11.4. The van der Waals surface area contributed by atoms with E-state index >= 15 is 0 Å². The SMILES string of the molecule is CCc1ccccc1Oc1coc2cc(OC(=O)C(C)(C)C)ccc2c1=O. The first-order valence-corrected chi connectivity index (χ1v) is 8.83. The van der Waals surface area contributed by atoms with Gasteiger partial charge in [-0.3, -0.25) is 9.59 Å². The van der Waals surface area contributed by atoms with E-state index in [0.717, 1.165) is 12.0 Å². The van der Waals surface area contributed by atoms with Gasteiger partial charge in [0.15, 0.2) is 0 Å². The fourth-order valence-corrected chi connectivity index (χ4v) is 2.50. The third-order valence-electron chi connectivity index (χ3n) is 4.11. The summed E-state index contributed by atoms with van der Waals surface area (Å²) in [5, 5.41) is 0.358. The Morgan fingerprint density at radius 1 is 1.07 bits per heavy atom. The lowest BCUT2D eigenvalue weighted by Crippen LogP contribution is -2.25. The molecule has 0 fully saturated rings. The van der Waals surface area contributed by atoms with Gasteiger partial charge < -0.3 is 13.9 Å². The number of hydrogen-bond donors (Lipinski definition) is 0. The molecule has 27 heavy (non-hydrogen) atoms. The van der Waals surface area contributed by atoms with Gasteiger partial charge in [-0.2, -0.15) is 0 Å². The maximum absolute atomic E-state index is 12.7. The highest BCUT2D eigenvalue weighted by Gasteiger charge is 2.24. The molecule has 0 saturated carbocycles. The van der Waals surface area contributed by atoms with E-state index in [2.05, 4.69) is 0 Å². The second-order valence-corrected chi connectivity index (χ2v) is 7.29. The van der Waals surface area contributed by atoms with Crippen LogP contribution in [0.1, 0.15) is 33.3 Å². The van der Waals surface area contributed by atoms with Crippen molar-refractivity contribution >= 4 is 16.9 Å². The quantitative estimate of drug-likeness (QED) is 0.475. The molecule has 5 heteroatoms. The van der Waals surface area contributed by atoms with Crippen LogP contribution < -0.4 is 14.9 Å². The highest BCUT2D eigenvalue weighted by atomic mass is 16.5. The monoisotopic (exact) mass is 366 g/mol. The minimum atomic E-state index is -0.625. The van der Waals surface area contributed by atoms with Crippen molar-refractivity contribution in [3.8, 4) is 17.2 Å². The van der Waals surface area contributed by atoms with Crippen LogP contribution >= 0.6 is 0 Å². The zero-order valence-electron chi connectivity index (χ0n) is 15.9. The smallest absolute Gasteiger partial charge is 0.316 e. The Morgan fingerprint density at radius 3 is 2.52 bits per heavy atom. The summed E-state index contributed by atoms with van der Waals surface area (Å²) in [4.78, 5) is 24.8. The Morgan fingerprint density at radius 2 is 1.81 bits per heavy atom. The zero-order chi connectivity index (χ0) is 19.6. The van der Waals surface area contributed by atoms with Crippen LogP contribution in [0.4, 0.5) is 0 Å². The summed E-state index contributed by atoms with van der Waals surface area (Å²) >= 11 is 0. The van der Waals surface area contributed by atoms with E-state index in [-0.39, 0.29) is 17.1 Å². The van der Waals surface area contributed by atoms with Crippen LogP contribution in [-0.2, 0) is 11.2 Å². The molecule has 0 unspecified atom stereocenters. The number of carbonyl (C=O) groups excluding carboxylic acids is 1. The van der Waals surface area contributed by atoms with Gasteiger partial charge in [-0.25, -0.2) is 0 Å². The van der Waals surface area contributed by atoms with Gasteiger partial charge in [0.1, 0.15) is 23.3 Å². The van der Waals surface area contributed by atoms with Crippen LogP contribution in [0.5, 0.6) is 17.2 Å². The number of ether oxygens (including phenoxy) is 2. The van der Waals surface area contributed by atoms with Crippen LogP contribution in [0, 0.1) is 5.41 Å². The summed E-state index contributed by atoms with van der Waals surface area (Å²) in [5.41, 5.74) is 0.424. The van der Waals surface area contributed by atoms with Gasteiger partial charge in [-0.05, 0) is 51.0 Å². The summed E-state index contributed by atoms with van der Waals surface area (Å²) in [7, 11) is 0. The van der Waals surface area contributed by atoms with Gasteiger partial charge in [0.2, 0.25) is 11.2 Å². The van der Waals surface area contributed by atoms with Gasteiger partial charge in [0.25, 0.3) is 0 Å². The molecule has 0 amide bonds. The maximum Gasteiger partial charge on any atom is 0.316 e. The third-order valence-corrected chi connectivity index (χ3v) is 4.11. The molecule has 0 aliphatic rings. The summed E-state index contributed by atoms with van der Waals surface area (Å²) in [6, 6.07) is 12.2. The molecule has 0 radical (unpaired) electrons. The van der Waals surface area contributed by atoms with Gasteiger partial charge in [0, 0.05) is 6.07 Å². The van der Waals surface area contributed by atoms with Crippen molar-refractivity contribution in [2.24, 2.45) is 5.41 Å². The van der Waals surface area contributed by atoms with Crippen molar-refractivity contribution in [2.45, 2.75) is 34.1 Å². The fraction of sp³-hybridized carbons (Fsp3) is 0.273. The molecule has 0 aliphatic heterocycles. The standard InChI is InChI=1S/C22H22O5/c1-5-14-8-6-7-9-17(14)27-19-13-25-18-12-15(10-11-16(18)20(19)23)26-21(24)22(2,3)4/h6-13H,5H2,1-4H3. The molecule has 0 N–H and O–H groups in total. The first-order valence-electron chi connectivity index (χ1n) is 8.83. The lowest BCUT2D eigenvalue weighted by Gasteiger charge is -2.16. The molecule has 0 saturated heterocycles. The summed E-state index contributed by atoms with van der Waals surface area (Å²) in [6.07, 6.45) is 2.07. The van der Waals surface area contributed by atoms with Gasteiger partial charge in [-0.15, -0.1) is 0 Å². The van der Waals surface area contributed by atoms with Gasteiger partial charge >= 0.3 is 5.97 Å². The van der Waals surface area contributed by atoms with Gasteiger partial charge in [-0.1, -0.05) is 25.1 Å². The second-order valence-electron chi connectivity index (χ2n) is 7.29. The van der Waals surface area contributed by atoms with Crippen molar-refractivity contribution in [3.05, 3.63) is 64.5 Å². The highest BCUT2D eigenvalue weighted by molar-refractivity contribution is 5.82. The third kappa shape index (κ3) is 4.03. The number of benzene rings is 2. The Hall–Kier alpha value is -3.08. The molecule has 3 aromatic rings. The van der Waals surface area contributed by atoms with Crippen molar-refractivity contribution < 1.29 is 18.7 Å². The fourth-order valence-electron chi connectivity index (χ4n) is 2.50. The largest absolute Gasteiger partial charge is 0.460 e. The first-order chi connectivity index (χ1) is 12.8. The number of carbonyl (C=O) groups is 1. The van der Waals surface area contributed by atoms with Crippen molar-refractivity contribution in [1.82, 2.24) is 0 Å². The average Bonchev–Trinajstić information content (AvgIpc) is 2.63. The number of para-hydroxylation sites is 1. The second kappa shape index (κ2) is 7.27. The number of fused-ring (bicyclic) bond motifs is 1. The van der Waals surface area contributed by atoms with Crippen molar-refractivity contribution in [3.63, 3.8) is 0 Å². The molecule has 5 nitrogen and oxygen atoms in total. The molecule has 0 spiro atoms. The summed E-state index contributed by atoms with van der Waals surface area (Å²) < 4.78 is 16.7. The van der Waals surface area contributed by atoms with Crippen molar-refractivity contribution in [1.29, 1.82) is 0 Å². The Balaban J connectivity index is 1.93. The highest BCUT2D eigenvalue weighted by Crippen LogP contribution is 2.27. The van der Waals surface area contributed by atoms with Crippen LogP contribution in [0.15, 0.2) is 57.9 Å². The number of rotatable bonds is 4. The lowest BCUT2D eigenvalue weighted by atomic mass is 9.97. The number of esters is 1. The predicted molar refractivity (Wildman–Crippen MR) is 103 cm³/mol. The van der Waals surface area contributed by atoms with E-state index in [0.29, 0.717) is 22.5 Å². The molecule has 1 heterocycles. The minimum absolute atomic E-state index is 0.114. The molecule has 140 valence electrons. The molecule has 1 aromatic heterocycles. The van der Waals surface area contributed by atoms with E-state index in [4.69, 9.17) is 13.9 Å². The lowest BCUT2D eigenvalue weighted by molar-refractivity contribution is -0.142. The molecule has 0 atom stereocenters. The maximum atomic E-state index is 12.7. The topological polar surface area (TPSA) is 65.7 Å². The molecular formula is C22H22O5. The van der Waals surface area contributed by atoms with E-state index in [1.54, 1.807) is 32.9 Å². The molecule has 3 rings (SSSR count). The molecule has 0 aliphatic carbocycles. The van der Waals surface area contributed by atoms with Crippen LogP contribution in [-0.4, -0.2) is 5.97 Å². The predicted octanol–water partition coefficient (Wildman–Crippen LogP) is 5.10. The van der Waals surface area contributed by atoms with E-state index in [9.17, 15) is 9.59 Å². The van der Waals surface area contributed by atoms with Crippen LogP contribution in [0.25, 0.3) is 11.0 Å². The Kier molecular flexibility index (Phi) is 5.04. The van der Waals surface area contributed by atoms with E-state index in [1.165, 1.54) is 12.3 Å². The van der Waals surface area contributed by atoms with Crippen molar-refractivity contribution in [2.75, 3.05) is 0 Å². The average molecular weight is 366 g/mol. The van der Waals surface area contributed by atoms with E-state index in [1.807, 2.05) is 31.2 Å². The van der Waals surface area contributed by atoms with E-state index < -0.39 is 5.41 Å². The number of hydrogen-bond acceptors (Lipinski definition) is 5. The molecule has 2 aromatic carbocycles. The summed E-state index contributed by atoms with van der Waals surface area (Å²) in [6.45, 7) is 7.34. The van der Waals surface area contributed by atoms with Gasteiger partial charge in [0.05, 0.1) is 10.8 Å². The van der Waals surface area contributed by atoms with Crippen LogP contribution in [0.3, 0.4) is 0 Å².